The third-order valence-electron chi connectivity index (χ3n) is 5.73. The molecule has 12 nitrogen and oxygen atoms in total. The van der Waals surface area contributed by atoms with Gasteiger partial charge in [-0.25, -0.2) is 0 Å². The summed E-state index contributed by atoms with van der Waals surface area (Å²) in [6.07, 6.45) is 0. The van der Waals surface area contributed by atoms with Crippen LogP contribution >= 0.6 is 0 Å². The van der Waals surface area contributed by atoms with E-state index >= 15 is 0 Å². The smallest absolute Gasteiger partial charge is 0.294 e. The van der Waals surface area contributed by atoms with Gasteiger partial charge >= 0.3 is 0 Å². The summed E-state index contributed by atoms with van der Waals surface area (Å²) in [4.78, 5) is -0.395. The number of aryl methyl sites for hydroxylation is 2. The average molecular weight is 543 g/mol. The molecule has 6 rings (SSSR count). The van der Waals surface area contributed by atoms with Crippen molar-refractivity contribution >= 4 is 10.1 Å². The Balaban J connectivity index is 1.34. The van der Waals surface area contributed by atoms with Crippen molar-refractivity contribution in [2.24, 2.45) is 0 Å². The van der Waals surface area contributed by atoms with Crippen molar-refractivity contribution in [3.8, 4) is 57.3 Å². The highest BCUT2D eigenvalue weighted by Crippen LogP contribution is 2.32. The molecule has 3 heterocycles. The van der Waals surface area contributed by atoms with Crippen LogP contribution in [0.2, 0.25) is 0 Å². The largest absolute Gasteiger partial charge is 0.421 e. The van der Waals surface area contributed by atoms with Crippen molar-refractivity contribution in [2.45, 2.75) is 18.7 Å². The molecule has 39 heavy (non-hydrogen) atoms. The molecule has 0 spiro atoms. The highest BCUT2D eigenvalue weighted by Gasteiger charge is 2.20. The normalized spacial score (nSPS) is 11.7. The fourth-order valence-electron chi connectivity index (χ4n) is 3.80. The summed E-state index contributed by atoms with van der Waals surface area (Å²) < 4.78 is 50.6. The van der Waals surface area contributed by atoms with E-state index in [1.807, 2.05) is 31.2 Å². The van der Waals surface area contributed by atoms with Crippen LogP contribution in [0.15, 0.2) is 84.9 Å². The maximum absolute atomic E-state index is 11.9. The lowest BCUT2D eigenvalue weighted by Crippen LogP contribution is -1.99. The van der Waals surface area contributed by atoms with Crippen LogP contribution in [0.1, 0.15) is 11.5 Å². The van der Waals surface area contributed by atoms with Crippen molar-refractivity contribution in [3.63, 3.8) is 0 Å². The second kappa shape index (κ2) is 9.38. The van der Waals surface area contributed by atoms with Gasteiger partial charge in [-0.15, -0.1) is 30.6 Å². The summed E-state index contributed by atoms with van der Waals surface area (Å²) in [5, 5.41) is 24.2. The first-order chi connectivity index (χ1) is 18.7. The topological polar surface area (TPSA) is 171 Å². The van der Waals surface area contributed by atoms with E-state index in [0.717, 1.165) is 11.1 Å². The maximum Gasteiger partial charge on any atom is 0.294 e. The Morgan fingerprint density at radius 2 is 1.03 bits per heavy atom. The standard InChI is InChI=1S/C26H18N6O6S/c1-14-6-8-16(9-7-14)22-29-30-23(37-22)17-4-3-5-18(10-17)24-31-32-26(38-24)20-11-19(25-28-27-15(2)36-25)12-21(13-20)39(33,34)35/h3-13H,1-2H3,(H,33,34,35). The fourth-order valence-corrected chi connectivity index (χ4v) is 4.35. The lowest BCUT2D eigenvalue weighted by molar-refractivity contribution is 0.483. The third kappa shape index (κ3) is 4.95. The lowest BCUT2D eigenvalue weighted by atomic mass is 10.1. The van der Waals surface area contributed by atoms with Crippen molar-refractivity contribution in [3.05, 3.63) is 78.2 Å². The zero-order chi connectivity index (χ0) is 27.1. The van der Waals surface area contributed by atoms with E-state index in [4.69, 9.17) is 13.3 Å². The minimum Gasteiger partial charge on any atom is -0.421 e. The number of hydrogen-bond acceptors (Lipinski definition) is 11. The Morgan fingerprint density at radius 1 is 0.564 bits per heavy atom. The van der Waals surface area contributed by atoms with Crippen molar-refractivity contribution in [1.29, 1.82) is 0 Å². The fraction of sp³-hybridized carbons (Fsp3) is 0.0769. The number of benzene rings is 3. The molecule has 0 aliphatic rings. The van der Waals surface area contributed by atoms with Crippen LogP contribution in [0.25, 0.3) is 57.3 Å². The Morgan fingerprint density at radius 3 is 1.54 bits per heavy atom. The maximum atomic E-state index is 11.9. The van der Waals surface area contributed by atoms with Gasteiger partial charge in [-0.05, 0) is 55.5 Å². The Kier molecular flexibility index (Phi) is 5.85. The van der Waals surface area contributed by atoms with Crippen LogP contribution in [-0.4, -0.2) is 43.6 Å². The third-order valence-corrected chi connectivity index (χ3v) is 6.56. The van der Waals surface area contributed by atoms with Crippen LogP contribution in [0.4, 0.5) is 0 Å². The second-order valence-corrected chi connectivity index (χ2v) is 10.0. The van der Waals surface area contributed by atoms with Gasteiger partial charge < -0.3 is 13.3 Å². The molecule has 194 valence electrons. The molecule has 0 amide bonds. The molecule has 0 saturated carbocycles. The zero-order valence-corrected chi connectivity index (χ0v) is 21.2. The Hall–Kier alpha value is -5.01. The van der Waals surface area contributed by atoms with E-state index in [1.165, 1.54) is 12.1 Å². The molecular formula is C26H18N6O6S. The molecule has 0 radical (unpaired) electrons. The first-order valence-electron chi connectivity index (χ1n) is 11.5. The molecule has 0 atom stereocenters. The van der Waals surface area contributed by atoms with E-state index in [1.54, 1.807) is 37.3 Å². The van der Waals surface area contributed by atoms with E-state index < -0.39 is 15.0 Å². The van der Waals surface area contributed by atoms with Gasteiger partial charge in [0.25, 0.3) is 10.1 Å². The average Bonchev–Trinajstić information content (AvgIpc) is 3.70. The monoisotopic (exact) mass is 542 g/mol. The molecule has 0 bridgehead atoms. The van der Waals surface area contributed by atoms with Crippen molar-refractivity contribution < 1.29 is 26.2 Å². The molecule has 3 aromatic heterocycles. The van der Waals surface area contributed by atoms with Crippen LogP contribution in [0.5, 0.6) is 0 Å². The SMILES string of the molecule is Cc1ccc(-c2nnc(-c3cccc(-c4nnc(-c5cc(-c6nnc(C)o6)cc(S(=O)(=O)O)c5)o4)c3)o2)cc1. The van der Waals surface area contributed by atoms with Gasteiger partial charge in [0, 0.05) is 34.7 Å². The molecule has 0 saturated heterocycles. The van der Waals surface area contributed by atoms with Gasteiger partial charge in [-0.1, -0.05) is 23.8 Å². The summed E-state index contributed by atoms with van der Waals surface area (Å²) in [7, 11) is -4.56. The van der Waals surface area contributed by atoms with Crippen molar-refractivity contribution in [2.75, 3.05) is 0 Å². The minimum absolute atomic E-state index is 0.0119. The van der Waals surface area contributed by atoms with Crippen LogP contribution in [0.3, 0.4) is 0 Å². The molecule has 0 aliphatic carbocycles. The molecule has 0 aliphatic heterocycles. The number of rotatable bonds is 6. The summed E-state index contributed by atoms with van der Waals surface area (Å²) in [5.74, 6) is 1.23. The quantitative estimate of drug-likeness (QED) is 0.279. The van der Waals surface area contributed by atoms with E-state index in [2.05, 4.69) is 30.6 Å². The van der Waals surface area contributed by atoms with Gasteiger partial charge in [0.15, 0.2) is 0 Å². The van der Waals surface area contributed by atoms with Crippen LogP contribution in [0, 0.1) is 13.8 Å². The number of hydrogen-bond donors (Lipinski definition) is 1. The van der Waals surface area contributed by atoms with Gasteiger partial charge in [-0.3, -0.25) is 4.55 Å². The summed E-state index contributed by atoms with van der Waals surface area (Å²) in [6.45, 7) is 3.59. The molecule has 1 N–H and O–H groups in total. The van der Waals surface area contributed by atoms with Gasteiger partial charge in [0.1, 0.15) is 0 Å². The molecule has 6 aromatic rings. The minimum atomic E-state index is -4.56. The van der Waals surface area contributed by atoms with E-state index in [-0.39, 0.29) is 34.7 Å². The molecule has 13 heteroatoms. The second-order valence-electron chi connectivity index (χ2n) is 8.62. The number of nitrogens with zero attached hydrogens (tertiary/aromatic N) is 6. The molecule has 3 aromatic carbocycles. The number of aromatic nitrogens is 6. The predicted molar refractivity (Wildman–Crippen MR) is 136 cm³/mol. The summed E-state index contributed by atoms with van der Waals surface area (Å²) in [6, 6.07) is 18.8. The highest BCUT2D eigenvalue weighted by atomic mass is 32.2. The van der Waals surface area contributed by atoms with Crippen molar-refractivity contribution in [1.82, 2.24) is 30.6 Å². The lowest BCUT2D eigenvalue weighted by Gasteiger charge is -2.03. The first-order valence-corrected chi connectivity index (χ1v) is 13.0. The van der Waals surface area contributed by atoms with Crippen LogP contribution < -0.4 is 0 Å². The molecule has 0 fully saturated rings. The molecule has 0 unspecified atom stereocenters. The van der Waals surface area contributed by atoms with E-state index in [9.17, 15) is 13.0 Å². The first kappa shape index (κ1) is 24.3. The predicted octanol–water partition coefficient (Wildman–Crippen LogP) is 5.03. The van der Waals surface area contributed by atoms with E-state index in [0.29, 0.717) is 22.9 Å². The van der Waals surface area contributed by atoms with Gasteiger partial charge in [0.2, 0.25) is 35.3 Å². The van der Waals surface area contributed by atoms with Gasteiger partial charge in [0.05, 0.1) is 4.90 Å². The summed E-state index contributed by atoms with van der Waals surface area (Å²) >= 11 is 0. The van der Waals surface area contributed by atoms with Crippen LogP contribution in [-0.2, 0) is 10.1 Å². The Labute approximate surface area is 221 Å². The zero-order valence-electron chi connectivity index (χ0n) is 20.4. The molecular weight excluding hydrogens is 524 g/mol. The highest BCUT2D eigenvalue weighted by molar-refractivity contribution is 7.85. The van der Waals surface area contributed by atoms with Gasteiger partial charge in [-0.2, -0.15) is 8.42 Å². The Bertz CT molecular complexity index is 1920. The summed E-state index contributed by atoms with van der Waals surface area (Å²) in [5.41, 5.74) is 3.62.